The second-order valence-corrected chi connectivity index (χ2v) is 4.90. The summed E-state index contributed by atoms with van der Waals surface area (Å²) in [5.74, 6) is -0.411. The summed E-state index contributed by atoms with van der Waals surface area (Å²) in [4.78, 5) is 0. The first-order valence-electron chi connectivity index (χ1n) is 4.16. The zero-order chi connectivity index (χ0) is 10.3. The Morgan fingerprint density at radius 1 is 1.50 bits per heavy atom. The monoisotopic (exact) mass is 321 g/mol. The lowest BCUT2D eigenvalue weighted by Gasteiger charge is -2.10. The van der Waals surface area contributed by atoms with Crippen LogP contribution in [0.5, 0.6) is 0 Å². The highest BCUT2D eigenvalue weighted by molar-refractivity contribution is 14.1. The third kappa shape index (κ3) is 1.41. The van der Waals surface area contributed by atoms with Crippen LogP contribution in [-0.2, 0) is 5.41 Å². The van der Waals surface area contributed by atoms with Gasteiger partial charge in [-0.2, -0.15) is 5.26 Å². The predicted octanol–water partition coefficient (Wildman–Crippen LogP) is 3.64. The summed E-state index contributed by atoms with van der Waals surface area (Å²) in [5.41, 5.74) is 0.338. The molecule has 0 atom stereocenters. The molecule has 0 N–H and O–H groups in total. The van der Waals surface area contributed by atoms with Gasteiger partial charge in [-0.25, -0.2) is 4.39 Å². The van der Waals surface area contributed by atoms with Crippen molar-refractivity contribution in [3.8, 4) is 6.07 Å². The summed E-state index contributed by atoms with van der Waals surface area (Å²) in [6, 6.07) is 5.51. The van der Waals surface area contributed by atoms with Crippen LogP contribution in [-0.4, -0.2) is 0 Å². The third-order valence-corrected chi connectivity index (χ3v) is 3.86. The van der Waals surface area contributed by atoms with E-state index >= 15 is 0 Å². The van der Waals surface area contributed by atoms with E-state index in [0.717, 1.165) is 18.4 Å². The molecule has 0 aromatic heterocycles. The number of hydrogen-bond acceptors (Lipinski definition) is 1. The maximum absolute atomic E-state index is 13.4. The minimum Gasteiger partial charge on any atom is -0.204 e. The van der Waals surface area contributed by atoms with Gasteiger partial charge in [-0.1, -0.05) is 17.7 Å². The molecular formula is C10H6ClFIN. The van der Waals surface area contributed by atoms with Gasteiger partial charge in [-0.15, -0.1) is 0 Å². The van der Waals surface area contributed by atoms with Crippen molar-refractivity contribution in [1.29, 1.82) is 5.26 Å². The molecule has 0 aliphatic heterocycles. The van der Waals surface area contributed by atoms with Gasteiger partial charge in [0.2, 0.25) is 0 Å². The lowest BCUT2D eigenvalue weighted by Crippen LogP contribution is -2.06. The summed E-state index contributed by atoms with van der Waals surface area (Å²) in [7, 11) is 0. The molecule has 0 unspecified atom stereocenters. The first-order valence-corrected chi connectivity index (χ1v) is 5.62. The standard InChI is InChI=1S/C10H6ClFIN/c11-7-2-1-6(9(13)8(7)12)10(5-14)3-4-10/h1-2H,3-4H2. The first-order chi connectivity index (χ1) is 6.60. The van der Waals surface area contributed by atoms with Gasteiger partial charge in [-0.3, -0.25) is 0 Å². The van der Waals surface area contributed by atoms with Gasteiger partial charge in [-0.05, 0) is 47.1 Å². The van der Waals surface area contributed by atoms with E-state index in [1.807, 2.05) is 22.6 Å². The number of nitrogens with zero attached hydrogens (tertiary/aromatic N) is 1. The van der Waals surface area contributed by atoms with E-state index in [-0.39, 0.29) is 5.02 Å². The highest BCUT2D eigenvalue weighted by Gasteiger charge is 2.46. The number of hydrogen-bond donors (Lipinski definition) is 0. The molecule has 1 aromatic rings. The summed E-state index contributed by atoms with van der Waals surface area (Å²) in [5, 5.41) is 9.10. The molecule has 0 amide bonds. The van der Waals surface area contributed by atoms with E-state index in [0.29, 0.717) is 3.57 Å². The molecule has 0 bridgehead atoms. The SMILES string of the molecule is N#CC1(c2ccc(Cl)c(F)c2I)CC1. The molecule has 1 aromatic carbocycles. The minimum absolute atomic E-state index is 0.117. The molecule has 0 spiro atoms. The lowest BCUT2D eigenvalue weighted by molar-refractivity contribution is 0.615. The number of nitriles is 1. The molecule has 0 radical (unpaired) electrons. The average molecular weight is 322 g/mol. The quantitative estimate of drug-likeness (QED) is 0.572. The van der Waals surface area contributed by atoms with Crippen molar-refractivity contribution in [1.82, 2.24) is 0 Å². The van der Waals surface area contributed by atoms with E-state index in [1.54, 1.807) is 6.07 Å². The third-order valence-electron chi connectivity index (χ3n) is 2.51. The average Bonchev–Trinajstić information content (AvgIpc) is 2.95. The zero-order valence-corrected chi connectivity index (χ0v) is 10.1. The van der Waals surface area contributed by atoms with Crippen molar-refractivity contribution in [2.45, 2.75) is 18.3 Å². The van der Waals surface area contributed by atoms with E-state index in [2.05, 4.69) is 6.07 Å². The van der Waals surface area contributed by atoms with Crippen molar-refractivity contribution in [2.24, 2.45) is 0 Å². The van der Waals surface area contributed by atoms with Crippen LogP contribution in [0.25, 0.3) is 0 Å². The summed E-state index contributed by atoms with van der Waals surface area (Å²) < 4.78 is 13.9. The van der Waals surface area contributed by atoms with Crippen molar-refractivity contribution in [3.05, 3.63) is 32.1 Å². The van der Waals surface area contributed by atoms with Crippen LogP contribution in [0.15, 0.2) is 12.1 Å². The fraction of sp³-hybridized carbons (Fsp3) is 0.300. The fourth-order valence-corrected chi connectivity index (χ4v) is 2.77. The highest BCUT2D eigenvalue weighted by atomic mass is 127. The molecule has 1 aliphatic rings. The van der Waals surface area contributed by atoms with Crippen LogP contribution in [0.3, 0.4) is 0 Å². The fourth-order valence-electron chi connectivity index (χ4n) is 1.46. The smallest absolute Gasteiger partial charge is 0.155 e. The maximum atomic E-state index is 13.4. The molecule has 72 valence electrons. The second-order valence-electron chi connectivity index (χ2n) is 3.42. The van der Waals surface area contributed by atoms with Crippen molar-refractivity contribution >= 4 is 34.2 Å². The van der Waals surface area contributed by atoms with E-state index in [9.17, 15) is 4.39 Å². The van der Waals surface area contributed by atoms with Crippen LogP contribution in [0.1, 0.15) is 18.4 Å². The predicted molar refractivity (Wildman–Crippen MR) is 60.7 cm³/mol. The maximum Gasteiger partial charge on any atom is 0.155 e. The van der Waals surface area contributed by atoms with Crippen LogP contribution in [0, 0.1) is 20.7 Å². The molecule has 1 nitrogen and oxygen atoms in total. The van der Waals surface area contributed by atoms with Crippen molar-refractivity contribution in [2.75, 3.05) is 0 Å². The van der Waals surface area contributed by atoms with Crippen molar-refractivity contribution in [3.63, 3.8) is 0 Å². The Kier molecular flexibility index (Phi) is 2.44. The van der Waals surface area contributed by atoms with Gasteiger partial charge in [0.05, 0.1) is 20.1 Å². The molecule has 0 saturated heterocycles. The van der Waals surface area contributed by atoms with Crippen LogP contribution in [0.4, 0.5) is 4.39 Å². The van der Waals surface area contributed by atoms with E-state index < -0.39 is 11.2 Å². The van der Waals surface area contributed by atoms with Gasteiger partial charge >= 0.3 is 0 Å². The van der Waals surface area contributed by atoms with Gasteiger partial charge in [0.15, 0.2) is 5.82 Å². The summed E-state index contributed by atoms with van der Waals surface area (Å²) >= 11 is 7.55. The molecule has 14 heavy (non-hydrogen) atoms. The van der Waals surface area contributed by atoms with Crippen LogP contribution in [0.2, 0.25) is 5.02 Å². The lowest BCUT2D eigenvalue weighted by atomic mass is 9.98. The Hall–Kier alpha value is -0.340. The number of rotatable bonds is 1. The Bertz CT molecular complexity index is 434. The molecule has 0 heterocycles. The minimum atomic E-state index is -0.443. The number of benzene rings is 1. The summed E-state index contributed by atoms with van der Waals surface area (Å²) in [6.45, 7) is 0. The van der Waals surface area contributed by atoms with E-state index in [4.69, 9.17) is 16.9 Å². The van der Waals surface area contributed by atoms with Gasteiger partial charge in [0, 0.05) is 0 Å². The molecule has 4 heteroatoms. The Morgan fingerprint density at radius 2 is 2.14 bits per heavy atom. The molecule has 2 rings (SSSR count). The van der Waals surface area contributed by atoms with Gasteiger partial charge in [0.1, 0.15) is 0 Å². The van der Waals surface area contributed by atoms with Crippen molar-refractivity contribution < 1.29 is 4.39 Å². The van der Waals surface area contributed by atoms with Crippen LogP contribution < -0.4 is 0 Å². The van der Waals surface area contributed by atoms with E-state index in [1.165, 1.54) is 6.07 Å². The van der Waals surface area contributed by atoms with Gasteiger partial charge < -0.3 is 0 Å². The topological polar surface area (TPSA) is 23.8 Å². The first kappa shape index (κ1) is 10.2. The molecule has 1 aliphatic carbocycles. The van der Waals surface area contributed by atoms with Gasteiger partial charge in [0.25, 0.3) is 0 Å². The van der Waals surface area contributed by atoms with Crippen LogP contribution >= 0.6 is 34.2 Å². The Morgan fingerprint density at radius 3 is 2.64 bits per heavy atom. The molecular weight excluding hydrogens is 315 g/mol. The largest absolute Gasteiger partial charge is 0.204 e. The molecule has 1 saturated carbocycles. The summed E-state index contributed by atoms with van der Waals surface area (Å²) in [6.07, 6.45) is 1.64. The highest BCUT2D eigenvalue weighted by Crippen LogP contribution is 2.49. The second kappa shape index (κ2) is 3.35. The normalized spacial score (nSPS) is 17.6. The Labute approximate surface area is 100 Å². The zero-order valence-electron chi connectivity index (χ0n) is 7.15. The Balaban J connectivity index is 2.57. The number of halogens is 3. The molecule has 1 fully saturated rings.